The van der Waals surface area contributed by atoms with Crippen molar-refractivity contribution < 1.29 is 23.9 Å². The van der Waals surface area contributed by atoms with Crippen LogP contribution in [-0.2, 0) is 19.1 Å². The predicted molar refractivity (Wildman–Crippen MR) is 106 cm³/mol. The number of nitrogens with zero attached hydrogens (tertiary/aromatic N) is 3. The predicted octanol–water partition coefficient (Wildman–Crippen LogP) is 1.91. The maximum atomic E-state index is 13.3. The number of para-hydroxylation sites is 2. The molecule has 0 aliphatic carbocycles. The van der Waals surface area contributed by atoms with E-state index >= 15 is 0 Å². The quantitative estimate of drug-likeness (QED) is 0.582. The first kappa shape index (κ1) is 18.7. The first-order valence-electron chi connectivity index (χ1n) is 9.01. The summed E-state index contributed by atoms with van der Waals surface area (Å²) in [5.41, 5.74) is 1.83. The third kappa shape index (κ3) is 2.84. The smallest absolute Gasteiger partial charge is 0.355 e. The van der Waals surface area contributed by atoms with E-state index in [1.165, 1.54) is 19.2 Å². The zero-order valence-electron chi connectivity index (χ0n) is 16.2. The SMILES string of the molecule is COC(=O)C1=NN(c2ccccc2OC)[C@@H]2C(=O)N(c3ccc(C)cc3)C(=O)[C@H]12. The molecule has 8 nitrogen and oxygen atoms in total. The number of benzene rings is 2. The molecule has 0 saturated carbocycles. The van der Waals surface area contributed by atoms with Crippen molar-refractivity contribution in [2.45, 2.75) is 13.0 Å². The minimum atomic E-state index is -1.05. The van der Waals surface area contributed by atoms with Crippen molar-refractivity contribution in [3.63, 3.8) is 0 Å². The van der Waals surface area contributed by atoms with Gasteiger partial charge in [-0.1, -0.05) is 29.8 Å². The highest BCUT2D eigenvalue weighted by Crippen LogP contribution is 2.40. The molecule has 2 aromatic carbocycles. The number of imide groups is 1. The third-order valence-electron chi connectivity index (χ3n) is 5.07. The summed E-state index contributed by atoms with van der Waals surface area (Å²) in [7, 11) is 2.71. The number of rotatable bonds is 4. The van der Waals surface area contributed by atoms with E-state index < -0.39 is 29.7 Å². The Kier molecular flexibility index (Phi) is 4.54. The number of carbonyl (C=O) groups excluding carboxylic acids is 3. The van der Waals surface area contributed by atoms with Gasteiger partial charge in [-0.05, 0) is 31.2 Å². The molecule has 2 heterocycles. The average Bonchev–Trinajstić information content (AvgIpc) is 3.25. The van der Waals surface area contributed by atoms with E-state index in [9.17, 15) is 14.4 Å². The fourth-order valence-electron chi connectivity index (χ4n) is 3.65. The number of hydrogen-bond donors (Lipinski definition) is 0. The summed E-state index contributed by atoms with van der Waals surface area (Å²) in [6, 6.07) is 13.0. The first-order valence-corrected chi connectivity index (χ1v) is 9.01. The van der Waals surface area contributed by atoms with Crippen LogP contribution in [0, 0.1) is 12.8 Å². The molecule has 1 fully saturated rings. The van der Waals surface area contributed by atoms with Crippen LogP contribution in [0.25, 0.3) is 0 Å². The lowest BCUT2D eigenvalue weighted by molar-refractivity contribution is -0.133. The standard InChI is InChI=1S/C21H19N3O5/c1-12-8-10-13(11-9-12)23-19(25)16-17(21(27)29-3)22-24(18(16)20(23)26)14-6-4-5-7-15(14)28-2/h4-11,16,18H,1-3H3/t16-,18+/m1/s1. The average molecular weight is 393 g/mol. The van der Waals surface area contributed by atoms with E-state index in [2.05, 4.69) is 5.10 Å². The van der Waals surface area contributed by atoms with Crippen LogP contribution in [0.2, 0.25) is 0 Å². The molecule has 8 heteroatoms. The molecule has 2 aliphatic rings. The Hall–Kier alpha value is -3.68. The molecule has 4 rings (SSSR count). The highest BCUT2D eigenvalue weighted by molar-refractivity contribution is 6.47. The van der Waals surface area contributed by atoms with Crippen molar-refractivity contribution in [2.24, 2.45) is 11.0 Å². The number of fused-ring (bicyclic) bond motifs is 1. The van der Waals surface area contributed by atoms with Gasteiger partial charge in [0.2, 0.25) is 5.91 Å². The zero-order chi connectivity index (χ0) is 20.7. The number of anilines is 2. The fraction of sp³-hybridized carbons (Fsp3) is 0.238. The third-order valence-corrected chi connectivity index (χ3v) is 5.07. The van der Waals surface area contributed by atoms with Crippen molar-refractivity contribution >= 4 is 34.9 Å². The molecule has 29 heavy (non-hydrogen) atoms. The van der Waals surface area contributed by atoms with E-state index in [-0.39, 0.29) is 5.71 Å². The number of amides is 2. The number of methoxy groups -OCH3 is 2. The Morgan fingerprint density at radius 3 is 2.34 bits per heavy atom. The lowest BCUT2D eigenvalue weighted by Crippen LogP contribution is -2.39. The summed E-state index contributed by atoms with van der Waals surface area (Å²) in [5, 5.41) is 5.67. The Balaban J connectivity index is 1.83. The number of ether oxygens (including phenoxy) is 2. The molecule has 0 aromatic heterocycles. The molecule has 148 valence electrons. The minimum absolute atomic E-state index is 0.101. The number of carbonyl (C=O) groups is 3. The number of aryl methyl sites for hydroxylation is 1. The molecule has 0 unspecified atom stereocenters. The number of hydrogen-bond acceptors (Lipinski definition) is 7. The molecule has 2 amide bonds. The second kappa shape index (κ2) is 7.05. The topological polar surface area (TPSA) is 88.5 Å². The van der Waals surface area contributed by atoms with Crippen molar-refractivity contribution in [2.75, 3.05) is 24.1 Å². The minimum Gasteiger partial charge on any atom is -0.495 e. The second-order valence-electron chi connectivity index (χ2n) is 6.76. The van der Waals surface area contributed by atoms with Crippen LogP contribution in [-0.4, -0.2) is 43.8 Å². The Morgan fingerprint density at radius 1 is 1.00 bits per heavy atom. The van der Waals surface area contributed by atoms with E-state index in [1.54, 1.807) is 36.4 Å². The molecular formula is C21H19N3O5. The van der Waals surface area contributed by atoms with Gasteiger partial charge < -0.3 is 9.47 Å². The molecule has 1 saturated heterocycles. The van der Waals surface area contributed by atoms with Gasteiger partial charge in [0, 0.05) is 0 Å². The van der Waals surface area contributed by atoms with Gasteiger partial charge in [-0.2, -0.15) is 5.10 Å². The molecule has 2 atom stereocenters. The van der Waals surface area contributed by atoms with Crippen LogP contribution in [0.4, 0.5) is 11.4 Å². The summed E-state index contributed by atoms with van der Waals surface area (Å²) in [5.74, 6) is -2.30. The lowest BCUT2D eigenvalue weighted by atomic mass is 9.97. The number of esters is 1. The maximum absolute atomic E-state index is 13.3. The largest absolute Gasteiger partial charge is 0.495 e. The Morgan fingerprint density at radius 2 is 1.69 bits per heavy atom. The second-order valence-corrected chi connectivity index (χ2v) is 6.76. The molecule has 0 radical (unpaired) electrons. The van der Waals surface area contributed by atoms with Crippen molar-refractivity contribution in [3.8, 4) is 5.75 Å². The highest BCUT2D eigenvalue weighted by Gasteiger charge is 2.59. The Labute approximate surface area is 167 Å². The molecule has 0 N–H and O–H groups in total. The van der Waals surface area contributed by atoms with E-state index in [4.69, 9.17) is 9.47 Å². The van der Waals surface area contributed by atoms with Gasteiger partial charge in [0.25, 0.3) is 5.91 Å². The molecule has 0 spiro atoms. The molecule has 0 bridgehead atoms. The van der Waals surface area contributed by atoms with Crippen LogP contribution in [0.15, 0.2) is 53.6 Å². The molecule has 2 aromatic rings. The van der Waals surface area contributed by atoms with E-state index in [0.717, 1.165) is 10.5 Å². The summed E-state index contributed by atoms with van der Waals surface area (Å²) in [6.07, 6.45) is 0. The molecule has 2 aliphatic heterocycles. The first-order chi connectivity index (χ1) is 14.0. The molecular weight excluding hydrogens is 374 g/mol. The van der Waals surface area contributed by atoms with E-state index in [0.29, 0.717) is 17.1 Å². The van der Waals surface area contributed by atoms with Gasteiger partial charge in [-0.15, -0.1) is 0 Å². The highest BCUT2D eigenvalue weighted by atomic mass is 16.5. The Bertz CT molecular complexity index is 1030. The van der Waals surface area contributed by atoms with Gasteiger partial charge in [0.15, 0.2) is 5.71 Å². The zero-order valence-corrected chi connectivity index (χ0v) is 16.2. The number of hydrazone groups is 1. The van der Waals surface area contributed by atoms with Crippen LogP contribution in [0.3, 0.4) is 0 Å². The van der Waals surface area contributed by atoms with Crippen molar-refractivity contribution in [3.05, 3.63) is 54.1 Å². The summed E-state index contributed by atoms with van der Waals surface area (Å²) < 4.78 is 10.2. The monoisotopic (exact) mass is 393 g/mol. The van der Waals surface area contributed by atoms with E-state index in [1.807, 2.05) is 19.1 Å². The fourth-order valence-corrected chi connectivity index (χ4v) is 3.65. The van der Waals surface area contributed by atoms with Crippen LogP contribution >= 0.6 is 0 Å². The van der Waals surface area contributed by atoms with Gasteiger partial charge in [-0.25, -0.2) is 14.7 Å². The van der Waals surface area contributed by atoms with Crippen molar-refractivity contribution in [1.29, 1.82) is 0 Å². The van der Waals surface area contributed by atoms with Gasteiger partial charge >= 0.3 is 5.97 Å². The van der Waals surface area contributed by atoms with Crippen LogP contribution in [0.5, 0.6) is 5.75 Å². The maximum Gasteiger partial charge on any atom is 0.355 e. The summed E-state index contributed by atoms with van der Waals surface area (Å²) >= 11 is 0. The summed E-state index contributed by atoms with van der Waals surface area (Å²) in [6.45, 7) is 1.91. The van der Waals surface area contributed by atoms with Gasteiger partial charge in [-0.3, -0.25) is 9.59 Å². The van der Waals surface area contributed by atoms with Gasteiger partial charge in [0.05, 0.1) is 19.9 Å². The summed E-state index contributed by atoms with van der Waals surface area (Å²) in [4.78, 5) is 40.0. The normalized spacial score (nSPS) is 20.6. The lowest BCUT2D eigenvalue weighted by Gasteiger charge is -2.23. The van der Waals surface area contributed by atoms with Gasteiger partial charge in [0.1, 0.15) is 23.4 Å². The van der Waals surface area contributed by atoms with Crippen molar-refractivity contribution in [1.82, 2.24) is 0 Å². The van der Waals surface area contributed by atoms with Crippen LogP contribution in [0.1, 0.15) is 5.56 Å². The van der Waals surface area contributed by atoms with Crippen LogP contribution < -0.4 is 14.6 Å².